The van der Waals surface area contributed by atoms with Crippen LogP contribution in [0.25, 0.3) is 0 Å². The second-order valence-corrected chi connectivity index (χ2v) is 4.24. The molecule has 0 unspecified atom stereocenters. The fraction of sp³-hybridized carbons (Fsp3) is 0.133. The third-order valence-electron chi connectivity index (χ3n) is 2.94. The fourth-order valence-electron chi connectivity index (χ4n) is 1.82. The van der Waals surface area contributed by atoms with E-state index >= 15 is 0 Å². The third-order valence-corrected chi connectivity index (χ3v) is 2.94. The second kappa shape index (κ2) is 6.17. The molecule has 18 heavy (non-hydrogen) atoms. The first-order valence-corrected chi connectivity index (χ1v) is 6.06. The van der Waals surface area contributed by atoms with Crippen molar-refractivity contribution < 1.29 is 5.11 Å². The number of rotatable bonds is 4. The Balaban J connectivity index is 2.19. The maximum Gasteiger partial charge on any atom is 0.140 e. The molecule has 0 aliphatic heterocycles. The van der Waals surface area contributed by atoms with Crippen molar-refractivity contribution in [3.63, 3.8) is 0 Å². The number of aliphatic hydroxyl groups excluding tert-OH is 1. The number of hydrogen-bond donors (Lipinski definition) is 1. The highest BCUT2D eigenvalue weighted by atomic mass is 16.3. The Kier molecular flexibility index (Phi) is 4.32. The van der Waals surface area contributed by atoms with E-state index in [1.807, 2.05) is 54.7 Å². The Morgan fingerprint density at radius 2 is 1.72 bits per heavy atom. The van der Waals surface area contributed by atoms with Gasteiger partial charge in [-0.3, -0.25) is 4.99 Å². The topological polar surface area (TPSA) is 32.6 Å². The van der Waals surface area contributed by atoms with E-state index in [1.54, 1.807) is 0 Å². The van der Waals surface area contributed by atoms with Gasteiger partial charge < -0.3 is 5.11 Å². The lowest BCUT2D eigenvalue weighted by molar-refractivity contribution is 0.269. The minimum absolute atomic E-state index is 0.0202. The van der Waals surface area contributed by atoms with Gasteiger partial charge in [0.25, 0.3) is 0 Å². The molecule has 1 atom stereocenters. The molecule has 0 fully saturated rings. The van der Waals surface area contributed by atoms with Crippen LogP contribution in [-0.4, -0.2) is 25.8 Å². The summed E-state index contributed by atoms with van der Waals surface area (Å²) in [5, 5.41) is 9.41. The van der Waals surface area contributed by atoms with E-state index in [1.165, 1.54) is 5.46 Å². The molecule has 0 aromatic heterocycles. The van der Waals surface area contributed by atoms with E-state index in [0.717, 1.165) is 11.1 Å². The van der Waals surface area contributed by atoms with Gasteiger partial charge in [-0.25, -0.2) is 0 Å². The van der Waals surface area contributed by atoms with Crippen LogP contribution in [-0.2, 0) is 0 Å². The molecule has 0 saturated heterocycles. The van der Waals surface area contributed by atoms with Gasteiger partial charge >= 0.3 is 0 Å². The molecule has 1 N–H and O–H groups in total. The minimum Gasteiger partial charge on any atom is -0.394 e. The van der Waals surface area contributed by atoms with Crippen molar-refractivity contribution in [2.75, 3.05) is 6.61 Å². The van der Waals surface area contributed by atoms with Gasteiger partial charge in [-0.05, 0) is 11.1 Å². The van der Waals surface area contributed by atoms with Crippen LogP contribution in [0.4, 0.5) is 0 Å². The summed E-state index contributed by atoms with van der Waals surface area (Å²) >= 11 is 0. The summed E-state index contributed by atoms with van der Waals surface area (Å²) in [6, 6.07) is 17.7. The van der Waals surface area contributed by atoms with E-state index in [4.69, 9.17) is 0 Å². The Morgan fingerprint density at radius 3 is 2.39 bits per heavy atom. The number of benzene rings is 2. The quantitative estimate of drug-likeness (QED) is 0.626. The minimum atomic E-state index is -0.189. The van der Waals surface area contributed by atoms with Gasteiger partial charge in [0, 0.05) is 6.21 Å². The lowest BCUT2D eigenvalue weighted by atomic mass is 9.91. The molecule has 0 saturated carbocycles. The lowest BCUT2D eigenvalue weighted by Crippen LogP contribution is -2.10. The van der Waals surface area contributed by atoms with Crippen molar-refractivity contribution in [2.45, 2.75) is 6.04 Å². The standard InChI is InChI=1S/C15H16BNO/c16-14-9-5-4-8-13(14)10-17-15(11-18)12-6-2-1-3-7-12/h1-10,15,18H,11,16H2/b17-10+/t15-/m1/s1. The maximum atomic E-state index is 9.41. The molecule has 2 aromatic carbocycles. The summed E-state index contributed by atoms with van der Waals surface area (Å²) in [6.07, 6.45) is 1.84. The van der Waals surface area contributed by atoms with E-state index in [9.17, 15) is 5.11 Å². The average Bonchev–Trinajstić information content (AvgIpc) is 2.42. The number of hydrogen-bond acceptors (Lipinski definition) is 2. The van der Waals surface area contributed by atoms with E-state index < -0.39 is 0 Å². The monoisotopic (exact) mass is 237 g/mol. The van der Waals surface area contributed by atoms with Gasteiger partial charge in [-0.1, -0.05) is 60.1 Å². The van der Waals surface area contributed by atoms with Gasteiger partial charge in [0.15, 0.2) is 0 Å². The van der Waals surface area contributed by atoms with Gasteiger partial charge in [-0.2, -0.15) is 0 Å². The van der Waals surface area contributed by atoms with E-state index in [-0.39, 0.29) is 12.6 Å². The predicted octanol–water partition coefficient (Wildman–Crippen LogP) is 1.10. The van der Waals surface area contributed by atoms with Crippen LogP contribution in [0.3, 0.4) is 0 Å². The number of nitrogens with zero attached hydrogens (tertiary/aromatic N) is 1. The summed E-state index contributed by atoms with van der Waals surface area (Å²) in [5.41, 5.74) is 3.31. The van der Waals surface area contributed by atoms with Crippen LogP contribution in [0, 0.1) is 0 Å². The van der Waals surface area contributed by atoms with Crippen molar-refractivity contribution in [3.8, 4) is 0 Å². The Hall–Kier alpha value is -1.87. The first-order valence-electron chi connectivity index (χ1n) is 6.06. The highest BCUT2D eigenvalue weighted by Gasteiger charge is 2.06. The van der Waals surface area contributed by atoms with Crippen molar-refractivity contribution in [3.05, 3.63) is 65.7 Å². The molecule has 2 rings (SSSR count). The van der Waals surface area contributed by atoms with E-state index in [2.05, 4.69) is 18.9 Å². The van der Waals surface area contributed by atoms with Gasteiger partial charge in [0.05, 0.1) is 12.6 Å². The van der Waals surface area contributed by atoms with Gasteiger partial charge in [0.1, 0.15) is 7.85 Å². The molecular weight excluding hydrogens is 221 g/mol. The molecule has 0 heterocycles. The van der Waals surface area contributed by atoms with Crippen molar-refractivity contribution in [1.29, 1.82) is 0 Å². The molecule has 0 aliphatic carbocycles. The number of aliphatic imine (C=N–C) groups is 1. The van der Waals surface area contributed by atoms with Gasteiger partial charge in [-0.15, -0.1) is 0 Å². The first-order chi connectivity index (χ1) is 8.81. The molecule has 0 aliphatic rings. The van der Waals surface area contributed by atoms with Crippen molar-refractivity contribution in [2.24, 2.45) is 4.99 Å². The lowest BCUT2D eigenvalue weighted by Gasteiger charge is -2.09. The largest absolute Gasteiger partial charge is 0.394 e. The second-order valence-electron chi connectivity index (χ2n) is 4.24. The molecule has 90 valence electrons. The molecule has 3 heteroatoms. The normalized spacial score (nSPS) is 12.7. The predicted molar refractivity (Wildman–Crippen MR) is 78.5 cm³/mol. The summed E-state index contributed by atoms with van der Waals surface area (Å²) in [6.45, 7) is 0.0202. The zero-order valence-corrected chi connectivity index (χ0v) is 10.5. The van der Waals surface area contributed by atoms with Crippen LogP contribution in [0.15, 0.2) is 59.6 Å². The zero-order chi connectivity index (χ0) is 12.8. The van der Waals surface area contributed by atoms with Crippen LogP contribution in [0.5, 0.6) is 0 Å². The Morgan fingerprint density at radius 1 is 1.06 bits per heavy atom. The van der Waals surface area contributed by atoms with E-state index in [0.29, 0.717) is 0 Å². The molecular formula is C15H16BNO. The molecule has 0 spiro atoms. The average molecular weight is 237 g/mol. The first kappa shape index (κ1) is 12.6. The molecule has 0 amide bonds. The highest BCUT2D eigenvalue weighted by Crippen LogP contribution is 2.15. The number of aliphatic hydroxyl groups is 1. The third kappa shape index (κ3) is 3.08. The maximum absolute atomic E-state index is 9.41. The molecule has 0 bridgehead atoms. The Bertz CT molecular complexity index is 525. The smallest absolute Gasteiger partial charge is 0.140 e. The van der Waals surface area contributed by atoms with Crippen LogP contribution < -0.4 is 5.46 Å². The summed E-state index contributed by atoms with van der Waals surface area (Å²) in [5.74, 6) is 0. The SMILES string of the molecule is Bc1ccccc1/C=N/[C@H](CO)c1ccccc1. The Labute approximate surface area is 108 Å². The summed E-state index contributed by atoms with van der Waals surface area (Å²) < 4.78 is 0. The summed E-state index contributed by atoms with van der Waals surface area (Å²) in [4.78, 5) is 4.47. The highest BCUT2D eigenvalue weighted by molar-refractivity contribution is 6.35. The fourth-order valence-corrected chi connectivity index (χ4v) is 1.82. The van der Waals surface area contributed by atoms with Crippen LogP contribution in [0.1, 0.15) is 17.2 Å². The van der Waals surface area contributed by atoms with Crippen LogP contribution >= 0.6 is 0 Å². The van der Waals surface area contributed by atoms with Gasteiger partial charge in [0.2, 0.25) is 0 Å². The molecule has 0 radical (unpaired) electrons. The van der Waals surface area contributed by atoms with Crippen LogP contribution in [0.2, 0.25) is 0 Å². The van der Waals surface area contributed by atoms with Crippen molar-refractivity contribution in [1.82, 2.24) is 0 Å². The van der Waals surface area contributed by atoms with Crippen molar-refractivity contribution >= 4 is 19.5 Å². The zero-order valence-electron chi connectivity index (χ0n) is 10.5. The molecule has 2 nitrogen and oxygen atoms in total. The molecule has 2 aromatic rings. The summed E-state index contributed by atoms with van der Waals surface area (Å²) in [7, 11) is 2.05.